The van der Waals surface area contributed by atoms with Gasteiger partial charge in [0.1, 0.15) is 5.82 Å². The van der Waals surface area contributed by atoms with Crippen molar-refractivity contribution in [2.45, 2.75) is 26.1 Å². The smallest absolute Gasteiger partial charge is 0.217 e. The molecule has 1 aliphatic heterocycles. The van der Waals surface area contributed by atoms with Gasteiger partial charge in [0.15, 0.2) is 0 Å². The van der Waals surface area contributed by atoms with Gasteiger partial charge in [0.25, 0.3) is 0 Å². The first-order chi connectivity index (χ1) is 11.2. The Labute approximate surface area is 137 Å². The molecule has 0 amide bonds. The summed E-state index contributed by atoms with van der Waals surface area (Å²) in [5.74, 6) is 1.92. The van der Waals surface area contributed by atoms with Crippen LogP contribution in [0.4, 0.5) is 0 Å². The maximum Gasteiger partial charge on any atom is 0.217 e. The Morgan fingerprint density at radius 2 is 2.09 bits per heavy atom. The molecular formula is C17H25N5O. The fraction of sp³-hybridized carbons (Fsp3) is 0.529. The zero-order valence-corrected chi connectivity index (χ0v) is 14.2. The van der Waals surface area contributed by atoms with Gasteiger partial charge in [-0.15, -0.1) is 0 Å². The summed E-state index contributed by atoms with van der Waals surface area (Å²) in [7, 11) is 5.87. The molecule has 3 heterocycles. The Bertz CT molecular complexity index is 652. The van der Waals surface area contributed by atoms with Gasteiger partial charge >= 0.3 is 0 Å². The maximum absolute atomic E-state index is 5.37. The monoisotopic (exact) mass is 315 g/mol. The van der Waals surface area contributed by atoms with E-state index in [2.05, 4.69) is 44.5 Å². The molecule has 0 N–H and O–H groups in total. The minimum atomic E-state index is 0.725. The van der Waals surface area contributed by atoms with E-state index in [-0.39, 0.29) is 0 Å². The first kappa shape index (κ1) is 16.0. The van der Waals surface area contributed by atoms with E-state index in [0.717, 1.165) is 50.6 Å². The van der Waals surface area contributed by atoms with E-state index in [0.29, 0.717) is 0 Å². The summed E-state index contributed by atoms with van der Waals surface area (Å²) in [4.78, 5) is 13.5. The molecule has 0 saturated carbocycles. The zero-order chi connectivity index (χ0) is 16.2. The molecule has 0 aliphatic carbocycles. The van der Waals surface area contributed by atoms with Gasteiger partial charge < -0.3 is 14.2 Å². The summed E-state index contributed by atoms with van der Waals surface area (Å²) in [6, 6.07) is 4.06. The molecule has 0 atom stereocenters. The van der Waals surface area contributed by atoms with E-state index in [1.807, 2.05) is 12.3 Å². The zero-order valence-electron chi connectivity index (χ0n) is 14.2. The summed E-state index contributed by atoms with van der Waals surface area (Å²) in [6.07, 6.45) is 4.78. The summed E-state index contributed by atoms with van der Waals surface area (Å²) < 4.78 is 7.74. The molecule has 6 heteroatoms. The van der Waals surface area contributed by atoms with Gasteiger partial charge in [-0.05, 0) is 20.2 Å². The van der Waals surface area contributed by atoms with Crippen molar-refractivity contribution in [2.24, 2.45) is 0 Å². The topological polar surface area (TPSA) is 46.4 Å². The van der Waals surface area contributed by atoms with Gasteiger partial charge in [0, 0.05) is 57.1 Å². The molecule has 0 saturated heterocycles. The molecule has 0 aromatic carbocycles. The molecule has 2 aromatic heterocycles. The molecule has 3 rings (SSSR count). The highest BCUT2D eigenvalue weighted by molar-refractivity contribution is 5.25. The summed E-state index contributed by atoms with van der Waals surface area (Å²) in [6.45, 7) is 4.81. The van der Waals surface area contributed by atoms with Crippen molar-refractivity contribution in [1.29, 1.82) is 0 Å². The first-order valence-corrected chi connectivity index (χ1v) is 8.05. The Kier molecular flexibility index (Phi) is 4.93. The van der Waals surface area contributed by atoms with Gasteiger partial charge in [-0.2, -0.15) is 0 Å². The summed E-state index contributed by atoms with van der Waals surface area (Å²) in [5.41, 5.74) is 2.44. The highest BCUT2D eigenvalue weighted by Crippen LogP contribution is 2.18. The molecule has 0 spiro atoms. The van der Waals surface area contributed by atoms with Crippen molar-refractivity contribution >= 4 is 0 Å². The van der Waals surface area contributed by atoms with Gasteiger partial charge in [-0.25, -0.2) is 9.97 Å². The highest BCUT2D eigenvalue weighted by Gasteiger charge is 2.18. The lowest BCUT2D eigenvalue weighted by Gasteiger charge is -2.20. The average molecular weight is 315 g/mol. The van der Waals surface area contributed by atoms with Crippen LogP contribution in [-0.2, 0) is 26.1 Å². The fourth-order valence-electron chi connectivity index (χ4n) is 3.12. The number of ether oxygens (including phenoxy) is 1. The predicted octanol–water partition coefficient (Wildman–Crippen LogP) is 1.41. The molecule has 23 heavy (non-hydrogen) atoms. The number of imidazole rings is 1. The number of hydrogen-bond donors (Lipinski definition) is 0. The molecule has 2 aromatic rings. The van der Waals surface area contributed by atoms with Crippen molar-refractivity contribution < 1.29 is 4.74 Å². The Hall–Kier alpha value is -1.92. The third kappa shape index (κ3) is 3.71. The van der Waals surface area contributed by atoms with E-state index in [9.17, 15) is 0 Å². The number of methoxy groups -OCH3 is 1. The van der Waals surface area contributed by atoms with E-state index in [4.69, 9.17) is 4.74 Å². The number of rotatable bonds is 5. The van der Waals surface area contributed by atoms with E-state index in [1.54, 1.807) is 13.3 Å². The molecule has 1 aliphatic rings. The number of pyridine rings is 1. The Morgan fingerprint density at radius 1 is 1.22 bits per heavy atom. The molecule has 124 valence electrons. The van der Waals surface area contributed by atoms with Crippen molar-refractivity contribution in [1.82, 2.24) is 24.3 Å². The van der Waals surface area contributed by atoms with Gasteiger partial charge in [0.05, 0.1) is 12.8 Å². The summed E-state index contributed by atoms with van der Waals surface area (Å²) in [5, 5.41) is 0. The normalized spacial score (nSPS) is 15.5. The van der Waals surface area contributed by atoms with E-state index >= 15 is 0 Å². The second-order valence-electron chi connectivity index (χ2n) is 6.25. The minimum absolute atomic E-state index is 0.725. The van der Waals surface area contributed by atoms with Crippen molar-refractivity contribution in [2.75, 3.05) is 34.3 Å². The van der Waals surface area contributed by atoms with Crippen molar-refractivity contribution in [3.8, 4) is 5.88 Å². The number of aromatic nitrogens is 3. The molecule has 0 unspecified atom stereocenters. The van der Waals surface area contributed by atoms with Crippen LogP contribution in [0.5, 0.6) is 5.88 Å². The standard InChI is InChI=1S/C17H25N5O/c1-20(2)13-15-11-19-16-6-8-21(9-10-22(15)16)12-14-5-4-7-18-17(14)23-3/h4-5,7,11H,6,8-10,12-13H2,1-3H3. The number of nitrogens with zero attached hydrogens (tertiary/aromatic N) is 5. The van der Waals surface area contributed by atoms with Crippen molar-refractivity contribution in [3.05, 3.63) is 41.6 Å². The second kappa shape index (κ2) is 7.10. The van der Waals surface area contributed by atoms with E-state index < -0.39 is 0 Å². The van der Waals surface area contributed by atoms with Crippen LogP contribution in [0.2, 0.25) is 0 Å². The summed E-state index contributed by atoms with van der Waals surface area (Å²) >= 11 is 0. The third-order valence-corrected chi connectivity index (χ3v) is 4.23. The predicted molar refractivity (Wildman–Crippen MR) is 89.4 cm³/mol. The molecule has 6 nitrogen and oxygen atoms in total. The lowest BCUT2D eigenvalue weighted by Crippen LogP contribution is -2.27. The van der Waals surface area contributed by atoms with Crippen LogP contribution in [0, 0.1) is 0 Å². The molecule has 0 fully saturated rings. The maximum atomic E-state index is 5.37. The lowest BCUT2D eigenvalue weighted by atomic mass is 10.2. The van der Waals surface area contributed by atoms with Crippen LogP contribution < -0.4 is 4.74 Å². The quantitative estimate of drug-likeness (QED) is 0.835. The SMILES string of the molecule is COc1ncccc1CN1CCc2ncc(CN(C)C)n2CC1. The average Bonchev–Trinajstić information content (AvgIpc) is 2.79. The minimum Gasteiger partial charge on any atom is -0.481 e. The fourth-order valence-corrected chi connectivity index (χ4v) is 3.12. The molecular weight excluding hydrogens is 290 g/mol. The van der Waals surface area contributed by atoms with Crippen LogP contribution in [0.3, 0.4) is 0 Å². The van der Waals surface area contributed by atoms with Crippen molar-refractivity contribution in [3.63, 3.8) is 0 Å². The third-order valence-electron chi connectivity index (χ3n) is 4.23. The lowest BCUT2D eigenvalue weighted by molar-refractivity contribution is 0.263. The van der Waals surface area contributed by atoms with Crippen LogP contribution in [0.15, 0.2) is 24.5 Å². The van der Waals surface area contributed by atoms with Crippen LogP contribution in [0.25, 0.3) is 0 Å². The Morgan fingerprint density at radius 3 is 2.87 bits per heavy atom. The van der Waals surface area contributed by atoms with E-state index in [1.165, 1.54) is 11.5 Å². The first-order valence-electron chi connectivity index (χ1n) is 8.05. The second-order valence-corrected chi connectivity index (χ2v) is 6.25. The number of fused-ring (bicyclic) bond motifs is 1. The van der Waals surface area contributed by atoms with Gasteiger partial charge in [-0.3, -0.25) is 4.90 Å². The van der Waals surface area contributed by atoms with Gasteiger partial charge in [0.2, 0.25) is 5.88 Å². The van der Waals surface area contributed by atoms with Gasteiger partial charge in [-0.1, -0.05) is 6.07 Å². The largest absolute Gasteiger partial charge is 0.481 e. The van der Waals surface area contributed by atoms with Crippen LogP contribution >= 0.6 is 0 Å². The van der Waals surface area contributed by atoms with Crippen LogP contribution in [0.1, 0.15) is 17.1 Å². The van der Waals surface area contributed by atoms with Crippen LogP contribution in [-0.4, -0.2) is 58.6 Å². The number of hydrogen-bond acceptors (Lipinski definition) is 5. The molecule has 0 bridgehead atoms. The highest BCUT2D eigenvalue weighted by atomic mass is 16.5. The Balaban J connectivity index is 1.69. The molecule has 0 radical (unpaired) electrons.